The Kier molecular flexibility index (Phi) is 7.91. The molecule has 0 saturated carbocycles. The summed E-state index contributed by atoms with van der Waals surface area (Å²) in [6, 6.07) is 16.9. The standard InChI is InChI=1S/C29H34N2O4/c1-4-6-12-25(28(32)30-24(5-2)22-13-14-26-27(17-22)35-19-34-26)31-18-20(3)15-23(29(31)33)16-21-10-8-7-9-11-21/h7-11,13-15,17-18,24-25H,4-6,12,16,19H2,1-3H3,(H,30,32)/t24-,25-/m0/s1. The smallest absolute Gasteiger partial charge is 0.254 e. The third-order valence-corrected chi connectivity index (χ3v) is 6.48. The van der Waals surface area contributed by atoms with Crippen molar-refractivity contribution in [3.05, 3.63) is 93.4 Å². The molecule has 6 nitrogen and oxygen atoms in total. The molecule has 0 aliphatic carbocycles. The summed E-state index contributed by atoms with van der Waals surface area (Å²) in [5.74, 6) is 1.27. The molecule has 1 amide bonds. The van der Waals surface area contributed by atoms with Gasteiger partial charge in [-0.05, 0) is 54.7 Å². The van der Waals surface area contributed by atoms with Gasteiger partial charge in [-0.3, -0.25) is 9.59 Å². The fraction of sp³-hybridized carbons (Fsp3) is 0.379. The number of amides is 1. The Morgan fingerprint density at radius 3 is 2.57 bits per heavy atom. The van der Waals surface area contributed by atoms with E-state index in [2.05, 4.69) is 12.2 Å². The van der Waals surface area contributed by atoms with Crippen molar-refractivity contribution in [1.29, 1.82) is 0 Å². The Balaban J connectivity index is 1.62. The lowest BCUT2D eigenvalue weighted by Gasteiger charge is -2.25. The topological polar surface area (TPSA) is 69.6 Å². The number of hydrogen-bond donors (Lipinski definition) is 1. The Morgan fingerprint density at radius 2 is 1.83 bits per heavy atom. The molecule has 4 rings (SSSR count). The van der Waals surface area contributed by atoms with E-state index in [1.807, 2.05) is 74.6 Å². The third-order valence-electron chi connectivity index (χ3n) is 6.48. The number of rotatable bonds is 10. The number of nitrogens with one attached hydrogen (secondary N) is 1. The molecule has 6 heteroatoms. The molecule has 1 aliphatic heterocycles. The maximum atomic E-state index is 13.6. The molecule has 184 valence electrons. The van der Waals surface area contributed by atoms with Crippen molar-refractivity contribution >= 4 is 5.91 Å². The lowest BCUT2D eigenvalue weighted by molar-refractivity contribution is -0.125. The van der Waals surface area contributed by atoms with Crippen molar-refractivity contribution in [1.82, 2.24) is 9.88 Å². The molecule has 0 spiro atoms. The van der Waals surface area contributed by atoms with Crippen molar-refractivity contribution in [2.24, 2.45) is 0 Å². The summed E-state index contributed by atoms with van der Waals surface area (Å²) in [5, 5.41) is 3.20. The molecule has 1 aliphatic rings. The number of unbranched alkanes of at least 4 members (excludes halogenated alkanes) is 1. The number of ether oxygens (including phenoxy) is 2. The quantitative estimate of drug-likeness (QED) is 0.423. The zero-order chi connectivity index (χ0) is 24.8. The number of fused-ring (bicyclic) bond motifs is 1. The zero-order valence-corrected chi connectivity index (χ0v) is 20.8. The summed E-state index contributed by atoms with van der Waals surface area (Å²) in [4.78, 5) is 27.2. The molecule has 2 atom stereocenters. The lowest BCUT2D eigenvalue weighted by atomic mass is 10.0. The number of carbonyl (C=O) groups is 1. The fourth-order valence-electron chi connectivity index (χ4n) is 4.60. The van der Waals surface area contributed by atoms with E-state index in [-0.39, 0.29) is 24.3 Å². The number of hydrogen-bond acceptors (Lipinski definition) is 4. The fourth-order valence-corrected chi connectivity index (χ4v) is 4.60. The molecule has 35 heavy (non-hydrogen) atoms. The Labute approximate surface area is 206 Å². The highest BCUT2D eigenvalue weighted by Gasteiger charge is 2.26. The first-order valence-corrected chi connectivity index (χ1v) is 12.5. The van der Waals surface area contributed by atoms with Gasteiger partial charge in [0, 0.05) is 18.2 Å². The van der Waals surface area contributed by atoms with Crippen LogP contribution in [0, 0.1) is 6.92 Å². The van der Waals surface area contributed by atoms with E-state index in [0.717, 1.165) is 29.5 Å². The van der Waals surface area contributed by atoms with Crippen LogP contribution in [0.3, 0.4) is 0 Å². The number of benzene rings is 2. The summed E-state index contributed by atoms with van der Waals surface area (Å²) in [5.41, 5.74) is 3.60. The second-order valence-corrected chi connectivity index (χ2v) is 9.16. The summed E-state index contributed by atoms with van der Waals surface area (Å²) in [6.45, 7) is 6.31. The van der Waals surface area contributed by atoms with Gasteiger partial charge < -0.3 is 19.4 Å². The highest BCUT2D eigenvalue weighted by atomic mass is 16.7. The van der Waals surface area contributed by atoms with E-state index >= 15 is 0 Å². The van der Waals surface area contributed by atoms with E-state index in [1.54, 1.807) is 4.57 Å². The third kappa shape index (κ3) is 5.76. The van der Waals surface area contributed by atoms with E-state index in [0.29, 0.717) is 36.3 Å². The van der Waals surface area contributed by atoms with Crippen LogP contribution in [0.25, 0.3) is 0 Å². The van der Waals surface area contributed by atoms with Crippen LogP contribution in [0.1, 0.15) is 73.9 Å². The number of aryl methyl sites for hydroxylation is 1. The van der Waals surface area contributed by atoms with E-state index < -0.39 is 6.04 Å². The van der Waals surface area contributed by atoms with Crippen LogP contribution < -0.4 is 20.3 Å². The first-order valence-electron chi connectivity index (χ1n) is 12.5. The number of nitrogens with zero attached hydrogens (tertiary/aromatic N) is 1. The van der Waals surface area contributed by atoms with Crippen molar-refractivity contribution in [2.45, 2.75) is 65.0 Å². The van der Waals surface area contributed by atoms with Gasteiger partial charge in [-0.15, -0.1) is 0 Å². The highest BCUT2D eigenvalue weighted by Crippen LogP contribution is 2.35. The summed E-state index contributed by atoms with van der Waals surface area (Å²) < 4.78 is 12.6. The zero-order valence-electron chi connectivity index (χ0n) is 20.8. The van der Waals surface area contributed by atoms with Crippen molar-refractivity contribution < 1.29 is 14.3 Å². The average Bonchev–Trinajstić information content (AvgIpc) is 3.34. The second kappa shape index (κ2) is 11.3. The van der Waals surface area contributed by atoms with Crippen molar-refractivity contribution in [3.63, 3.8) is 0 Å². The normalized spacial score (nSPS) is 13.9. The van der Waals surface area contributed by atoms with Gasteiger partial charge in [-0.1, -0.05) is 63.1 Å². The van der Waals surface area contributed by atoms with Crippen LogP contribution in [-0.4, -0.2) is 17.3 Å². The van der Waals surface area contributed by atoms with Gasteiger partial charge in [0.2, 0.25) is 12.7 Å². The van der Waals surface area contributed by atoms with Crippen molar-refractivity contribution in [2.75, 3.05) is 6.79 Å². The Hall–Kier alpha value is -3.54. The number of aromatic nitrogens is 1. The van der Waals surface area contributed by atoms with Crippen LogP contribution in [0.2, 0.25) is 0 Å². The SMILES string of the molecule is CCCC[C@@H](C(=O)N[C@@H](CC)c1ccc2c(c1)OCO2)n1cc(C)cc(Cc2ccccc2)c1=O. The van der Waals surface area contributed by atoms with E-state index in [9.17, 15) is 9.59 Å². The molecular weight excluding hydrogens is 440 g/mol. The van der Waals surface area contributed by atoms with Gasteiger partial charge in [0.15, 0.2) is 11.5 Å². The monoisotopic (exact) mass is 474 g/mol. The number of pyridine rings is 1. The molecule has 2 heterocycles. The molecule has 1 aromatic heterocycles. The first kappa shape index (κ1) is 24.6. The molecule has 1 N–H and O–H groups in total. The van der Waals surface area contributed by atoms with Crippen LogP contribution in [-0.2, 0) is 11.2 Å². The molecule has 0 saturated heterocycles. The number of carbonyl (C=O) groups excluding carboxylic acids is 1. The Morgan fingerprint density at radius 1 is 1.06 bits per heavy atom. The Bertz CT molecular complexity index is 1220. The molecule has 0 radical (unpaired) electrons. The predicted octanol–water partition coefficient (Wildman–Crippen LogP) is 5.48. The molecule has 2 aromatic carbocycles. The van der Waals surface area contributed by atoms with Gasteiger partial charge in [0.1, 0.15) is 6.04 Å². The van der Waals surface area contributed by atoms with Crippen LogP contribution >= 0.6 is 0 Å². The van der Waals surface area contributed by atoms with Crippen LogP contribution in [0.15, 0.2) is 65.6 Å². The van der Waals surface area contributed by atoms with Crippen molar-refractivity contribution in [3.8, 4) is 11.5 Å². The molecule has 3 aromatic rings. The summed E-state index contributed by atoms with van der Waals surface area (Å²) in [6.07, 6.45) is 5.48. The minimum atomic E-state index is -0.570. The highest BCUT2D eigenvalue weighted by molar-refractivity contribution is 5.80. The minimum absolute atomic E-state index is 0.105. The second-order valence-electron chi connectivity index (χ2n) is 9.16. The largest absolute Gasteiger partial charge is 0.454 e. The van der Waals surface area contributed by atoms with Gasteiger partial charge in [-0.2, -0.15) is 0 Å². The maximum Gasteiger partial charge on any atom is 0.254 e. The van der Waals surface area contributed by atoms with Gasteiger partial charge in [0.05, 0.1) is 6.04 Å². The predicted molar refractivity (Wildman–Crippen MR) is 137 cm³/mol. The molecule has 0 bridgehead atoms. The minimum Gasteiger partial charge on any atom is -0.454 e. The van der Waals surface area contributed by atoms with Crippen LogP contribution in [0.5, 0.6) is 11.5 Å². The molecule has 0 fully saturated rings. The summed E-state index contributed by atoms with van der Waals surface area (Å²) in [7, 11) is 0. The maximum absolute atomic E-state index is 13.6. The van der Waals surface area contributed by atoms with Crippen LogP contribution in [0.4, 0.5) is 0 Å². The molecular formula is C29H34N2O4. The average molecular weight is 475 g/mol. The van der Waals surface area contributed by atoms with Gasteiger partial charge in [-0.25, -0.2) is 0 Å². The van der Waals surface area contributed by atoms with E-state index in [4.69, 9.17) is 9.47 Å². The first-order chi connectivity index (χ1) is 17.0. The van der Waals surface area contributed by atoms with Gasteiger partial charge in [0.25, 0.3) is 5.56 Å². The molecule has 0 unspecified atom stereocenters. The van der Waals surface area contributed by atoms with E-state index in [1.165, 1.54) is 0 Å². The summed E-state index contributed by atoms with van der Waals surface area (Å²) >= 11 is 0. The lowest BCUT2D eigenvalue weighted by Crippen LogP contribution is -2.39. The van der Waals surface area contributed by atoms with Gasteiger partial charge >= 0.3 is 0 Å².